The lowest BCUT2D eigenvalue weighted by atomic mass is 9.96. The third-order valence-corrected chi connectivity index (χ3v) is 7.67. The number of benzene rings is 1. The summed E-state index contributed by atoms with van der Waals surface area (Å²) in [7, 11) is 0. The Morgan fingerprint density at radius 1 is 1.06 bits per heavy atom. The molecule has 3 aromatic rings. The normalized spacial score (nSPS) is 18.9. The average Bonchev–Trinajstić information content (AvgIpc) is 3.57. The van der Waals surface area contributed by atoms with Gasteiger partial charge in [0.25, 0.3) is 11.8 Å². The molecule has 2 aliphatic heterocycles. The Morgan fingerprint density at radius 2 is 1.83 bits per heavy atom. The number of nitrogens with zero attached hydrogens (tertiary/aromatic N) is 3. The Bertz CT molecular complexity index is 1220. The molecule has 3 amide bonds. The maximum atomic E-state index is 13.8. The van der Waals surface area contributed by atoms with Gasteiger partial charge in [-0.1, -0.05) is 29.8 Å². The fraction of sp³-hybridized carbons (Fsp3) is 0.333. The van der Waals surface area contributed by atoms with Gasteiger partial charge in [0.05, 0.1) is 23.7 Å². The number of thiophene rings is 1. The van der Waals surface area contributed by atoms with Crippen LogP contribution in [-0.2, 0) is 16.1 Å². The minimum Gasteiger partial charge on any atom is -0.353 e. The van der Waals surface area contributed by atoms with Crippen molar-refractivity contribution in [1.82, 2.24) is 20.1 Å². The van der Waals surface area contributed by atoms with Crippen LogP contribution in [0.5, 0.6) is 0 Å². The highest BCUT2D eigenvalue weighted by Crippen LogP contribution is 2.39. The van der Waals surface area contributed by atoms with Gasteiger partial charge in [-0.3, -0.25) is 24.3 Å². The van der Waals surface area contributed by atoms with E-state index in [2.05, 4.69) is 10.3 Å². The molecule has 1 N–H and O–H groups in total. The SMILES string of the molecule is Cc1ccc(C(=O)N2[C@H](C(=O)NCc3ccccn3)COC23CCN(C(=O)c2cccs2)CC3)cc1. The minimum absolute atomic E-state index is 0.0149. The van der Waals surface area contributed by atoms with E-state index in [1.807, 2.05) is 54.8 Å². The van der Waals surface area contributed by atoms with Crippen molar-refractivity contribution in [2.45, 2.75) is 38.1 Å². The van der Waals surface area contributed by atoms with Crippen molar-refractivity contribution in [3.05, 3.63) is 87.9 Å². The number of hydrogen-bond donors (Lipinski definition) is 1. The van der Waals surface area contributed by atoms with E-state index in [9.17, 15) is 14.4 Å². The summed E-state index contributed by atoms with van der Waals surface area (Å²) in [4.78, 5) is 48.3. The molecule has 0 bridgehead atoms. The number of carbonyl (C=O) groups excluding carboxylic acids is 3. The molecule has 186 valence electrons. The van der Waals surface area contributed by atoms with Crippen molar-refractivity contribution in [1.29, 1.82) is 0 Å². The number of rotatable bonds is 5. The Balaban J connectivity index is 1.36. The zero-order chi connectivity index (χ0) is 25.1. The minimum atomic E-state index is -0.943. The summed E-state index contributed by atoms with van der Waals surface area (Å²) in [6.07, 6.45) is 2.55. The third-order valence-electron chi connectivity index (χ3n) is 6.81. The number of carbonyl (C=O) groups is 3. The van der Waals surface area contributed by atoms with Crippen LogP contribution in [0.2, 0.25) is 0 Å². The molecule has 9 heteroatoms. The third kappa shape index (κ3) is 4.76. The molecule has 2 aromatic heterocycles. The molecule has 1 atom stereocenters. The molecular weight excluding hydrogens is 476 g/mol. The van der Waals surface area contributed by atoms with E-state index < -0.39 is 11.8 Å². The molecule has 0 aliphatic carbocycles. The van der Waals surface area contributed by atoms with Crippen LogP contribution in [-0.4, -0.2) is 64.0 Å². The average molecular weight is 505 g/mol. The standard InChI is InChI=1S/C27H28N4O4S/c1-19-7-9-20(10-8-19)25(33)31-22(24(32)29-17-21-5-2-3-13-28-21)18-35-27(31)11-14-30(15-12-27)26(34)23-6-4-16-36-23/h2-10,13,16,22H,11-12,14-15,17-18H2,1H3,(H,29,32)/t22-/m0/s1. The lowest BCUT2D eigenvalue weighted by Gasteiger charge is -2.44. The topological polar surface area (TPSA) is 91.8 Å². The van der Waals surface area contributed by atoms with Gasteiger partial charge in [-0.2, -0.15) is 0 Å². The number of nitrogens with one attached hydrogen (secondary N) is 1. The summed E-state index contributed by atoms with van der Waals surface area (Å²) in [6.45, 7) is 3.21. The molecule has 36 heavy (non-hydrogen) atoms. The van der Waals surface area contributed by atoms with Crippen molar-refractivity contribution >= 4 is 29.1 Å². The van der Waals surface area contributed by atoms with Crippen LogP contribution in [0.25, 0.3) is 0 Å². The van der Waals surface area contributed by atoms with E-state index in [-0.39, 0.29) is 30.9 Å². The van der Waals surface area contributed by atoms with Gasteiger partial charge in [-0.15, -0.1) is 11.3 Å². The second kappa shape index (κ2) is 10.2. The highest BCUT2D eigenvalue weighted by atomic mass is 32.1. The maximum absolute atomic E-state index is 13.8. The molecular formula is C27H28N4O4S. The second-order valence-electron chi connectivity index (χ2n) is 9.12. The summed E-state index contributed by atoms with van der Waals surface area (Å²) in [5.74, 6) is -0.544. The summed E-state index contributed by atoms with van der Waals surface area (Å²) >= 11 is 1.42. The number of likely N-dealkylation sites (tertiary alicyclic amines) is 1. The Hall–Kier alpha value is -3.56. The maximum Gasteiger partial charge on any atom is 0.263 e. The van der Waals surface area contributed by atoms with Crippen LogP contribution >= 0.6 is 11.3 Å². The van der Waals surface area contributed by atoms with Gasteiger partial charge in [-0.25, -0.2) is 0 Å². The monoisotopic (exact) mass is 504 g/mol. The Morgan fingerprint density at radius 3 is 2.50 bits per heavy atom. The van der Waals surface area contributed by atoms with Crippen LogP contribution in [0.15, 0.2) is 66.2 Å². The molecule has 0 saturated carbocycles. The van der Waals surface area contributed by atoms with Gasteiger partial charge in [-0.05, 0) is 42.6 Å². The predicted octanol–water partition coefficient (Wildman–Crippen LogP) is 3.24. The predicted molar refractivity (Wildman–Crippen MR) is 135 cm³/mol. The molecule has 0 radical (unpaired) electrons. The van der Waals surface area contributed by atoms with Gasteiger partial charge in [0, 0.05) is 37.7 Å². The number of pyridine rings is 1. The number of hydrogen-bond acceptors (Lipinski definition) is 6. The summed E-state index contributed by atoms with van der Waals surface area (Å²) in [6, 6.07) is 15.7. The highest BCUT2D eigenvalue weighted by Gasteiger charge is 2.54. The fourth-order valence-electron chi connectivity index (χ4n) is 4.82. The molecule has 2 saturated heterocycles. The van der Waals surface area contributed by atoms with Gasteiger partial charge in [0.2, 0.25) is 5.91 Å². The van der Waals surface area contributed by atoms with E-state index in [0.29, 0.717) is 36.4 Å². The van der Waals surface area contributed by atoms with Crippen LogP contribution in [0.4, 0.5) is 0 Å². The van der Waals surface area contributed by atoms with Gasteiger partial charge in [0.1, 0.15) is 11.8 Å². The summed E-state index contributed by atoms with van der Waals surface area (Å²) < 4.78 is 6.26. The van der Waals surface area contributed by atoms with Crippen molar-refractivity contribution < 1.29 is 19.1 Å². The van der Waals surface area contributed by atoms with Crippen molar-refractivity contribution in [2.75, 3.05) is 19.7 Å². The zero-order valence-corrected chi connectivity index (χ0v) is 20.9. The lowest BCUT2D eigenvalue weighted by Crippen LogP contribution is -2.59. The van der Waals surface area contributed by atoms with Gasteiger partial charge >= 0.3 is 0 Å². The lowest BCUT2D eigenvalue weighted by molar-refractivity contribution is -0.128. The Labute approximate surface area is 213 Å². The first kappa shape index (κ1) is 24.1. The largest absolute Gasteiger partial charge is 0.353 e. The molecule has 1 spiro atoms. The molecule has 1 aromatic carbocycles. The molecule has 0 unspecified atom stereocenters. The van der Waals surface area contributed by atoms with E-state index in [1.54, 1.807) is 28.1 Å². The van der Waals surface area contributed by atoms with Crippen LogP contribution in [0.3, 0.4) is 0 Å². The first-order valence-electron chi connectivity index (χ1n) is 12.0. The van der Waals surface area contributed by atoms with E-state index >= 15 is 0 Å². The van der Waals surface area contributed by atoms with Crippen LogP contribution in [0.1, 0.15) is 44.1 Å². The molecule has 8 nitrogen and oxygen atoms in total. The second-order valence-corrected chi connectivity index (χ2v) is 10.1. The Kier molecular flexibility index (Phi) is 6.84. The van der Waals surface area contributed by atoms with Crippen molar-refractivity contribution in [2.24, 2.45) is 0 Å². The first-order valence-corrected chi connectivity index (χ1v) is 12.9. The quantitative estimate of drug-likeness (QED) is 0.576. The number of ether oxygens (including phenoxy) is 1. The fourth-order valence-corrected chi connectivity index (χ4v) is 5.51. The van der Waals surface area contributed by atoms with Gasteiger partial charge in [0.15, 0.2) is 0 Å². The van der Waals surface area contributed by atoms with Crippen LogP contribution in [0, 0.1) is 6.92 Å². The van der Waals surface area contributed by atoms with Crippen molar-refractivity contribution in [3.8, 4) is 0 Å². The van der Waals surface area contributed by atoms with Gasteiger partial charge < -0.3 is 15.0 Å². The zero-order valence-electron chi connectivity index (χ0n) is 20.1. The number of piperidine rings is 1. The number of aromatic nitrogens is 1. The van der Waals surface area contributed by atoms with E-state index in [4.69, 9.17) is 4.74 Å². The summed E-state index contributed by atoms with van der Waals surface area (Å²) in [5, 5.41) is 4.80. The smallest absolute Gasteiger partial charge is 0.263 e. The highest BCUT2D eigenvalue weighted by molar-refractivity contribution is 7.12. The summed E-state index contributed by atoms with van der Waals surface area (Å²) in [5.41, 5.74) is 1.34. The van der Waals surface area contributed by atoms with Crippen molar-refractivity contribution in [3.63, 3.8) is 0 Å². The van der Waals surface area contributed by atoms with E-state index in [0.717, 1.165) is 11.3 Å². The number of amides is 3. The molecule has 2 aliphatic rings. The molecule has 4 heterocycles. The van der Waals surface area contributed by atoms with E-state index in [1.165, 1.54) is 11.3 Å². The molecule has 5 rings (SSSR count). The molecule has 2 fully saturated rings. The first-order chi connectivity index (χ1) is 17.5. The van der Waals surface area contributed by atoms with Crippen LogP contribution < -0.4 is 5.32 Å². The number of aryl methyl sites for hydroxylation is 1.